The largest absolute Gasteiger partial charge is 0.454 e. The number of benzene rings is 3. The minimum absolute atomic E-state index is 0.128. The molecule has 0 atom stereocenters. The Bertz CT molecular complexity index is 1170. The number of hydrogen-bond acceptors (Lipinski definition) is 5. The summed E-state index contributed by atoms with van der Waals surface area (Å²) in [7, 11) is 0. The molecule has 1 aliphatic carbocycles. The van der Waals surface area contributed by atoms with Crippen LogP contribution in [0.3, 0.4) is 0 Å². The van der Waals surface area contributed by atoms with Crippen molar-refractivity contribution in [3.05, 3.63) is 98.1 Å². The SMILES string of the molecule is O=C(COC(=O)c1ccc(Cl)cc1[N+](=O)[O-])c1ccc2c(c1)-c1ccccc1C2. The zero-order valence-electron chi connectivity index (χ0n) is 15.1. The third-order valence-electron chi connectivity index (χ3n) is 4.83. The van der Waals surface area contributed by atoms with Crippen molar-refractivity contribution in [2.75, 3.05) is 6.61 Å². The van der Waals surface area contributed by atoms with Crippen LogP contribution in [0.15, 0.2) is 60.7 Å². The number of halogens is 1. The average molecular weight is 408 g/mol. The summed E-state index contributed by atoms with van der Waals surface area (Å²) in [4.78, 5) is 35.2. The van der Waals surface area contributed by atoms with Gasteiger partial charge in [-0.3, -0.25) is 14.9 Å². The van der Waals surface area contributed by atoms with Crippen molar-refractivity contribution in [1.29, 1.82) is 0 Å². The van der Waals surface area contributed by atoms with Gasteiger partial charge in [0, 0.05) is 16.7 Å². The number of hydrogen-bond donors (Lipinski definition) is 0. The number of nitro benzene ring substituents is 1. The van der Waals surface area contributed by atoms with Crippen molar-refractivity contribution in [2.24, 2.45) is 0 Å². The molecule has 144 valence electrons. The van der Waals surface area contributed by atoms with E-state index in [-0.39, 0.29) is 16.4 Å². The Morgan fingerprint density at radius 3 is 2.55 bits per heavy atom. The zero-order chi connectivity index (χ0) is 20.5. The number of nitro groups is 1. The van der Waals surface area contributed by atoms with Gasteiger partial charge in [-0.15, -0.1) is 0 Å². The summed E-state index contributed by atoms with van der Waals surface area (Å²) in [6.45, 7) is -0.515. The molecule has 0 aliphatic heterocycles. The van der Waals surface area contributed by atoms with Gasteiger partial charge in [-0.05, 0) is 46.9 Å². The third-order valence-corrected chi connectivity index (χ3v) is 5.07. The maximum atomic E-state index is 12.5. The first-order valence-electron chi connectivity index (χ1n) is 8.79. The molecule has 3 aromatic carbocycles. The molecule has 0 amide bonds. The number of carbonyl (C=O) groups excluding carboxylic acids is 2. The summed E-state index contributed by atoms with van der Waals surface area (Å²) < 4.78 is 5.03. The van der Waals surface area contributed by atoms with Crippen LogP contribution in [-0.2, 0) is 11.2 Å². The van der Waals surface area contributed by atoms with Crippen LogP contribution in [-0.4, -0.2) is 23.3 Å². The number of fused-ring (bicyclic) bond motifs is 3. The highest BCUT2D eigenvalue weighted by Crippen LogP contribution is 2.36. The van der Waals surface area contributed by atoms with Crippen LogP contribution in [0, 0.1) is 10.1 Å². The molecular weight excluding hydrogens is 394 g/mol. The molecule has 0 N–H and O–H groups in total. The van der Waals surface area contributed by atoms with Crippen LogP contribution < -0.4 is 0 Å². The minimum Gasteiger partial charge on any atom is -0.454 e. The van der Waals surface area contributed by atoms with E-state index in [0.29, 0.717) is 5.56 Å². The van der Waals surface area contributed by atoms with E-state index in [1.54, 1.807) is 12.1 Å². The maximum Gasteiger partial charge on any atom is 0.345 e. The Hall–Kier alpha value is -3.51. The first-order valence-corrected chi connectivity index (χ1v) is 9.17. The van der Waals surface area contributed by atoms with E-state index in [1.165, 1.54) is 17.7 Å². The molecule has 0 aromatic heterocycles. The fraction of sp³-hybridized carbons (Fsp3) is 0.0909. The predicted octanol–water partition coefficient (Wildman–Crippen LogP) is 4.86. The molecule has 1 aliphatic rings. The number of ketones is 1. The highest BCUT2D eigenvalue weighted by molar-refractivity contribution is 6.31. The molecule has 0 saturated heterocycles. The Morgan fingerprint density at radius 1 is 1.00 bits per heavy atom. The van der Waals surface area contributed by atoms with Gasteiger partial charge in [0.1, 0.15) is 5.56 Å². The molecular formula is C22H14ClNO5. The van der Waals surface area contributed by atoms with E-state index in [1.807, 2.05) is 24.3 Å². The highest BCUT2D eigenvalue weighted by Gasteiger charge is 2.24. The second kappa shape index (κ2) is 7.48. The summed E-state index contributed by atoms with van der Waals surface area (Å²) in [5.41, 5.74) is 4.11. The summed E-state index contributed by atoms with van der Waals surface area (Å²) in [5.74, 6) is -1.34. The van der Waals surface area contributed by atoms with Crippen LogP contribution >= 0.6 is 11.6 Å². The van der Waals surface area contributed by atoms with Gasteiger partial charge in [0.2, 0.25) is 0 Å². The van der Waals surface area contributed by atoms with Gasteiger partial charge in [-0.25, -0.2) is 4.79 Å². The molecule has 0 heterocycles. The van der Waals surface area contributed by atoms with Gasteiger partial charge >= 0.3 is 5.97 Å². The van der Waals surface area contributed by atoms with Crippen LogP contribution in [0.25, 0.3) is 11.1 Å². The molecule has 7 heteroatoms. The molecule has 0 bridgehead atoms. The van der Waals surface area contributed by atoms with E-state index in [2.05, 4.69) is 6.07 Å². The van der Waals surface area contributed by atoms with Crippen molar-refractivity contribution >= 4 is 29.0 Å². The molecule has 0 spiro atoms. The van der Waals surface area contributed by atoms with E-state index in [4.69, 9.17) is 16.3 Å². The monoisotopic (exact) mass is 407 g/mol. The van der Waals surface area contributed by atoms with Crippen LogP contribution in [0.1, 0.15) is 31.8 Å². The number of rotatable bonds is 5. The molecule has 29 heavy (non-hydrogen) atoms. The van der Waals surface area contributed by atoms with E-state index >= 15 is 0 Å². The average Bonchev–Trinajstić information content (AvgIpc) is 3.09. The van der Waals surface area contributed by atoms with Gasteiger partial charge in [0.15, 0.2) is 12.4 Å². The lowest BCUT2D eigenvalue weighted by Gasteiger charge is -2.07. The molecule has 6 nitrogen and oxygen atoms in total. The molecule has 0 fully saturated rings. The molecule has 4 rings (SSSR count). The van der Waals surface area contributed by atoms with Gasteiger partial charge in [0.25, 0.3) is 5.69 Å². The minimum atomic E-state index is -0.951. The molecule has 0 radical (unpaired) electrons. The lowest BCUT2D eigenvalue weighted by atomic mass is 10.0. The van der Waals surface area contributed by atoms with Crippen LogP contribution in [0.2, 0.25) is 5.02 Å². The van der Waals surface area contributed by atoms with Gasteiger partial charge in [0.05, 0.1) is 4.92 Å². The first-order chi connectivity index (χ1) is 13.9. The van der Waals surface area contributed by atoms with Crippen molar-refractivity contribution in [2.45, 2.75) is 6.42 Å². The first kappa shape index (κ1) is 18.8. The number of Topliss-reactive ketones (excluding diaryl/α,β-unsaturated/α-hetero) is 1. The second-order valence-corrected chi connectivity index (χ2v) is 7.06. The quantitative estimate of drug-likeness (QED) is 0.204. The van der Waals surface area contributed by atoms with Gasteiger partial charge < -0.3 is 4.74 Å². The summed E-state index contributed by atoms with van der Waals surface area (Å²) in [6.07, 6.45) is 0.815. The van der Waals surface area contributed by atoms with Crippen molar-refractivity contribution in [3.8, 4) is 11.1 Å². The summed E-state index contributed by atoms with van der Waals surface area (Å²) in [5, 5.41) is 11.2. The van der Waals surface area contributed by atoms with Crippen molar-refractivity contribution in [3.63, 3.8) is 0 Å². The lowest BCUT2D eigenvalue weighted by Crippen LogP contribution is -2.15. The Kier molecular flexibility index (Phi) is 4.86. The van der Waals surface area contributed by atoms with Crippen LogP contribution in [0.4, 0.5) is 5.69 Å². The Balaban J connectivity index is 1.51. The Morgan fingerprint density at radius 2 is 1.76 bits per heavy atom. The van der Waals surface area contributed by atoms with Crippen molar-refractivity contribution in [1.82, 2.24) is 0 Å². The predicted molar refractivity (Wildman–Crippen MR) is 107 cm³/mol. The fourth-order valence-corrected chi connectivity index (χ4v) is 3.58. The van der Waals surface area contributed by atoms with E-state index in [9.17, 15) is 19.7 Å². The van der Waals surface area contributed by atoms with Gasteiger partial charge in [-0.2, -0.15) is 0 Å². The van der Waals surface area contributed by atoms with E-state index in [0.717, 1.165) is 29.2 Å². The molecule has 0 saturated carbocycles. The van der Waals surface area contributed by atoms with Crippen LogP contribution in [0.5, 0.6) is 0 Å². The van der Waals surface area contributed by atoms with Crippen molar-refractivity contribution < 1.29 is 19.2 Å². The smallest absolute Gasteiger partial charge is 0.345 e. The normalized spacial score (nSPS) is 11.5. The third kappa shape index (κ3) is 3.62. The maximum absolute atomic E-state index is 12.5. The fourth-order valence-electron chi connectivity index (χ4n) is 3.42. The number of carbonyl (C=O) groups is 2. The summed E-state index contributed by atoms with van der Waals surface area (Å²) in [6, 6.07) is 17.0. The second-order valence-electron chi connectivity index (χ2n) is 6.62. The number of nitrogens with zero attached hydrogens (tertiary/aromatic N) is 1. The van der Waals surface area contributed by atoms with Gasteiger partial charge in [-0.1, -0.05) is 48.0 Å². The highest BCUT2D eigenvalue weighted by atomic mass is 35.5. The van der Waals surface area contributed by atoms with E-state index < -0.39 is 23.2 Å². The molecule has 3 aromatic rings. The topological polar surface area (TPSA) is 86.5 Å². The summed E-state index contributed by atoms with van der Waals surface area (Å²) >= 11 is 5.74. The lowest BCUT2D eigenvalue weighted by molar-refractivity contribution is -0.385. The zero-order valence-corrected chi connectivity index (χ0v) is 15.8. The molecule has 0 unspecified atom stereocenters. The number of ether oxygens (including phenoxy) is 1. The standard InChI is InChI=1S/C22H14ClNO5/c23-16-7-8-18(20(11-16)24(27)28)22(26)29-12-21(25)15-6-5-14-9-13-3-1-2-4-17(13)19(14)10-15/h1-8,10-11H,9,12H2. The number of esters is 1. The Labute approximate surface area is 170 Å².